The largest absolute Gasteiger partial charge is 0.416 e. The van der Waals surface area contributed by atoms with E-state index in [9.17, 15) is 13.2 Å². The van der Waals surface area contributed by atoms with E-state index < -0.39 is 11.7 Å². The number of hydrogen-bond acceptors (Lipinski definition) is 3. The lowest BCUT2D eigenvalue weighted by Gasteiger charge is -2.23. The molecule has 1 heterocycles. The van der Waals surface area contributed by atoms with Gasteiger partial charge < -0.3 is 14.8 Å². The summed E-state index contributed by atoms with van der Waals surface area (Å²) in [6.07, 6.45) is -3.55. The maximum Gasteiger partial charge on any atom is 0.416 e. The van der Waals surface area contributed by atoms with Crippen LogP contribution in [-0.4, -0.2) is 26.0 Å². The second-order valence-corrected chi connectivity index (χ2v) is 4.39. The van der Waals surface area contributed by atoms with Crippen molar-refractivity contribution in [3.8, 4) is 0 Å². The summed E-state index contributed by atoms with van der Waals surface area (Å²) in [4.78, 5) is 0. The van der Waals surface area contributed by atoms with Gasteiger partial charge in [0.25, 0.3) is 0 Å². The zero-order valence-electron chi connectivity index (χ0n) is 10.4. The molecule has 0 aliphatic carbocycles. The Morgan fingerprint density at radius 3 is 2.74 bits per heavy atom. The summed E-state index contributed by atoms with van der Waals surface area (Å²) in [6, 6.07) is 5.59. The van der Waals surface area contributed by atoms with Gasteiger partial charge in [-0.2, -0.15) is 13.2 Å². The zero-order chi connectivity index (χ0) is 13.7. The highest BCUT2D eigenvalue weighted by Crippen LogP contribution is 2.31. The quantitative estimate of drug-likeness (QED) is 0.916. The Kier molecular flexibility index (Phi) is 4.79. The number of alkyl halides is 3. The fourth-order valence-corrected chi connectivity index (χ4v) is 1.98. The summed E-state index contributed by atoms with van der Waals surface area (Å²) >= 11 is 0. The van der Waals surface area contributed by atoms with Gasteiger partial charge in [0.1, 0.15) is 6.79 Å². The minimum absolute atomic E-state index is 0.00630. The Bertz CT molecular complexity index is 403. The van der Waals surface area contributed by atoms with Crippen molar-refractivity contribution in [2.45, 2.75) is 25.2 Å². The fraction of sp³-hybridized carbons (Fsp3) is 0.538. The smallest absolute Gasteiger partial charge is 0.355 e. The average molecular weight is 275 g/mol. The molecule has 1 aliphatic heterocycles. The van der Waals surface area contributed by atoms with Crippen LogP contribution >= 0.6 is 0 Å². The maximum absolute atomic E-state index is 12.8. The molecule has 1 aromatic carbocycles. The van der Waals surface area contributed by atoms with E-state index in [-0.39, 0.29) is 25.0 Å². The third-order valence-electron chi connectivity index (χ3n) is 2.98. The van der Waals surface area contributed by atoms with Gasteiger partial charge in [0.15, 0.2) is 0 Å². The lowest BCUT2D eigenvalue weighted by Crippen LogP contribution is -2.34. The van der Waals surface area contributed by atoms with Gasteiger partial charge in [-0.15, -0.1) is 0 Å². The SMILES string of the molecule is FC(F)(F)c1ccccc1CNCC1CCOCO1. The van der Waals surface area contributed by atoms with Gasteiger partial charge in [0.05, 0.1) is 18.3 Å². The van der Waals surface area contributed by atoms with Crippen LogP contribution in [0, 0.1) is 0 Å². The monoisotopic (exact) mass is 275 g/mol. The fourth-order valence-electron chi connectivity index (χ4n) is 1.98. The molecule has 1 N–H and O–H groups in total. The van der Waals surface area contributed by atoms with Crippen molar-refractivity contribution in [3.63, 3.8) is 0 Å². The van der Waals surface area contributed by atoms with Crippen LogP contribution in [0.5, 0.6) is 0 Å². The van der Waals surface area contributed by atoms with Crippen LogP contribution in [0.15, 0.2) is 24.3 Å². The van der Waals surface area contributed by atoms with Crippen LogP contribution in [0.4, 0.5) is 13.2 Å². The van der Waals surface area contributed by atoms with Crippen molar-refractivity contribution in [2.24, 2.45) is 0 Å². The molecule has 3 nitrogen and oxygen atoms in total. The van der Waals surface area contributed by atoms with Crippen LogP contribution in [0.2, 0.25) is 0 Å². The van der Waals surface area contributed by atoms with Crippen molar-refractivity contribution in [3.05, 3.63) is 35.4 Å². The van der Waals surface area contributed by atoms with Gasteiger partial charge in [-0.1, -0.05) is 18.2 Å². The van der Waals surface area contributed by atoms with Gasteiger partial charge >= 0.3 is 6.18 Å². The first kappa shape index (κ1) is 14.3. The van der Waals surface area contributed by atoms with E-state index in [1.165, 1.54) is 12.1 Å². The Morgan fingerprint density at radius 1 is 1.26 bits per heavy atom. The van der Waals surface area contributed by atoms with Crippen molar-refractivity contribution in [2.75, 3.05) is 19.9 Å². The van der Waals surface area contributed by atoms with Crippen molar-refractivity contribution < 1.29 is 22.6 Å². The maximum atomic E-state index is 12.8. The minimum Gasteiger partial charge on any atom is -0.355 e. The van der Waals surface area contributed by atoms with Gasteiger partial charge in [0.2, 0.25) is 0 Å². The zero-order valence-corrected chi connectivity index (χ0v) is 10.4. The van der Waals surface area contributed by atoms with E-state index >= 15 is 0 Å². The number of rotatable bonds is 4. The Labute approximate surface area is 109 Å². The molecule has 0 aromatic heterocycles. The molecular weight excluding hydrogens is 259 g/mol. The van der Waals surface area contributed by atoms with Gasteiger partial charge in [-0.05, 0) is 18.1 Å². The van der Waals surface area contributed by atoms with E-state index in [0.717, 1.165) is 12.5 Å². The van der Waals surface area contributed by atoms with E-state index in [1.54, 1.807) is 6.07 Å². The highest BCUT2D eigenvalue weighted by Gasteiger charge is 2.32. The molecule has 0 amide bonds. The second kappa shape index (κ2) is 6.36. The molecule has 1 unspecified atom stereocenters. The molecule has 0 saturated carbocycles. The summed E-state index contributed by atoms with van der Waals surface area (Å²) in [5.41, 5.74) is -0.336. The van der Waals surface area contributed by atoms with Crippen LogP contribution < -0.4 is 5.32 Å². The second-order valence-electron chi connectivity index (χ2n) is 4.39. The lowest BCUT2D eigenvalue weighted by atomic mass is 10.1. The Balaban J connectivity index is 1.88. The third-order valence-corrected chi connectivity index (χ3v) is 2.98. The van der Waals surface area contributed by atoms with Gasteiger partial charge in [-0.3, -0.25) is 0 Å². The summed E-state index contributed by atoms with van der Waals surface area (Å²) in [5.74, 6) is 0. The van der Waals surface area contributed by atoms with Gasteiger partial charge in [0, 0.05) is 13.1 Å². The minimum atomic E-state index is -4.31. The first-order valence-corrected chi connectivity index (χ1v) is 6.12. The summed E-state index contributed by atoms with van der Waals surface area (Å²) in [6.45, 7) is 1.59. The van der Waals surface area contributed by atoms with Crippen LogP contribution in [0.25, 0.3) is 0 Å². The lowest BCUT2D eigenvalue weighted by molar-refractivity contribution is -0.138. The number of benzene rings is 1. The van der Waals surface area contributed by atoms with Crippen LogP contribution in [-0.2, 0) is 22.2 Å². The molecule has 6 heteroatoms. The topological polar surface area (TPSA) is 30.5 Å². The molecule has 2 rings (SSSR count). The summed E-state index contributed by atoms with van der Waals surface area (Å²) in [7, 11) is 0. The molecule has 1 fully saturated rings. The number of halogens is 3. The molecule has 19 heavy (non-hydrogen) atoms. The molecule has 1 aromatic rings. The van der Waals surface area contributed by atoms with Crippen LogP contribution in [0.1, 0.15) is 17.5 Å². The molecule has 1 atom stereocenters. The predicted octanol–water partition coefficient (Wildman–Crippen LogP) is 2.56. The molecular formula is C13H16F3NO2. The van der Waals surface area contributed by atoms with Crippen molar-refractivity contribution in [1.29, 1.82) is 0 Å². The molecule has 0 bridgehead atoms. The van der Waals surface area contributed by atoms with Crippen LogP contribution in [0.3, 0.4) is 0 Å². The van der Waals surface area contributed by atoms with E-state index in [0.29, 0.717) is 13.2 Å². The third kappa shape index (κ3) is 4.19. The number of ether oxygens (including phenoxy) is 2. The normalized spacial score (nSPS) is 20.5. The summed E-state index contributed by atoms with van der Waals surface area (Å²) < 4.78 is 48.6. The standard InChI is InChI=1S/C13H16F3NO2/c14-13(15,16)12-4-2-1-3-10(12)7-17-8-11-5-6-18-9-19-11/h1-4,11,17H,5-9H2. The highest BCUT2D eigenvalue weighted by molar-refractivity contribution is 5.29. The highest BCUT2D eigenvalue weighted by atomic mass is 19.4. The predicted molar refractivity (Wildman–Crippen MR) is 63.5 cm³/mol. The molecule has 106 valence electrons. The van der Waals surface area contributed by atoms with E-state index in [2.05, 4.69) is 5.32 Å². The van der Waals surface area contributed by atoms with E-state index in [4.69, 9.17) is 9.47 Å². The number of nitrogens with one attached hydrogen (secondary N) is 1. The molecule has 1 saturated heterocycles. The molecule has 0 radical (unpaired) electrons. The first-order valence-electron chi connectivity index (χ1n) is 6.12. The average Bonchev–Trinajstić information content (AvgIpc) is 2.39. The van der Waals surface area contributed by atoms with Gasteiger partial charge in [-0.25, -0.2) is 0 Å². The summed E-state index contributed by atoms with van der Waals surface area (Å²) in [5, 5.41) is 3.00. The molecule has 1 aliphatic rings. The van der Waals surface area contributed by atoms with Crippen molar-refractivity contribution in [1.82, 2.24) is 5.32 Å². The van der Waals surface area contributed by atoms with E-state index in [1.807, 2.05) is 0 Å². The first-order chi connectivity index (χ1) is 9.07. The number of hydrogen-bond donors (Lipinski definition) is 1. The Morgan fingerprint density at radius 2 is 2.05 bits per heavy atom. The molecule has 0 spiro atoms. The van der Waals surface area contributed by atoms with Crippen molar-refractivity contribution >= 4 is 0 Å². The Hall–Kier alpha value is -1.11.